The molecule has 0 aliphatic carbocycles. The summed E-state index contributed by atoms with van der Waals surface area (Å²) in [7, 11) is 0. The Labute approximate surface area is 154 Å². The standard InChI is InChI=1S/C21H15N3OS/c22-20(17-10-16(11-24-12-17)15-8-9-26-13-15)25-21(23)19-7-3-5-14-4-1-2-6-18(14)19/h1-13,22-23H. The Hall–Kier alpha value is -3.31. The van der Waals surface area contributed by atoms with E-state index in [2.05, 4.69) is 4.98 Å². The van der Waals surface area contributed by atoms with Gasteiger partial charge in [0.2, 0.25) is 11.8 Å². The minimum Gasteiger partial charge on any atom is -0.421 e. The van der Waals surface area contributed by atoms with Crippen molar-refractivity contribution in [2.75, 3.05) is 0 Å². The number of nitrogens with one attached hydrogen (secondary N) is 2. The second kappa shape index (κ2) is 6.90. The number of thiophene rings is 1. The summed E-state index contributed by atoms with van der Waals surface area (Å²) in [4.78, 5) is 4.20. The van der Waals surface area contributed by atoms with Crippen molar-refractivity contribution >= 4 is 33.9 Å². The van der Waals surface area contributed by atoms with Gasteiger partial charge in [-0.05, 0) is 45.3 Å². The molecule has 5 heteroatoms. The van der Waals surface area contributed by atoms with Crippen LogP contribution in [0, 0.1) is 10.8 Å². The van der Waals surface area contributed by atoms with Crippen LogP contribution in [0.3, 0.4) is 0 Å². The lowest BCUT2D eigenvalue weighted by Crippen LogP contribution is -2.13. The molecule has 4 nitrogen and oxygen atoms in total. The molecule has 0 amide bonds. The predicted octanol–water partition coefficient (Wildman–Crippen LogP) is 5.33. The number of rotatable bonds is 3. The molecule has 0 aliphatic heterocycles. The monoisotopic (exact) mass is 357 g/mol. The minimum atomic E-state index is -0.0903. The van der Waals surface area contributed by atoms with E-state index in [1.54, 1.807) is 23.7 Å². The van der Waals surface area contributed by atoms with Crippen molar-refractivity contribution in [2.24, 2.45) is 0 Å². The third-order valence-electron chi connectivity index (χ3n) is 4.09. The van der Waals surface area contributed by atoms with Gasteiger partial charge in [-0.1, -0.05) is 36.4 Å². The molecule has 2 heterocycles. The molecule has 2 aromatic carbocycles. The summed E-state index contributed by atoms with van der Waals surface area (Å²) < 4.78 is 5.53. The average Bonchev–Trinajstić information content (AvgIpc) is 3.22. The lowest BCUT2D eigenvalue weighted by Gasteiger charge is -2.11. The normalized spacial score (nSPS) is 10.6. The van der Waals surface area contributed by atoms with Crippen LogP contribution in [0.15, 0.2) is 77.8 Å². The second-order valence-corrected chi connectivity index (χ2v) is 6.54. The van der Waals surface area contributed by atoms with E-state index >= 15 is 0 Å². The molecule has 0 spiro atoms. The van der Waals surface area contributed by atoms with Crippen molar-refractivity contribution in [1.82, 2.24) is 4.98 Å². The van der Waals surface area contributed by atoms with Crippen molar-refractivity contribution < 1.29 is 4.74 Å². The molecule has 2 aromatic heterocycles. The summed E-state index contributed by atoms with van der Waals surface area (Å²) in [5, 5.41) is 22.5. The van der Waals surface area contributed by atoms with Gasteiger partial charge in [0.05, 0.1) is 5.56 Å². The molecule has 0 saturated carbocycles. The van der Waals surface area contributed by atoms with E-state index < -0.39 is 0 Å². The molecular weight excluding hydrogens is 342 g/mol. The first-order chi connectivity index (χ1) is 12.7. The predicted molar refractivity (Wildman–Crippen MR) is 106 cm³/mol. The fourth-order valence-electron chi connectivity index (χ4n) is 2.79. The van der Waals surface area contributed by atoms with Gasteiger partial charge in [-0.3, -0.25) is 15.8 Å². The second-order valence-electron chi connectivity index (χ2n) is 5.76. The largest absolute Gasteiger partial charge is 0.421 e. The van der Waals surface area contributed by atoms with Crippen molar-refractivity contribution in [3.05, 3.63) is 88.9 Å². The third kappa shape index (κ3) is 3.12. The van der Waals surface area contributed by atoms with Crippen LogP contribution in [0.4, 0.5) is 0 Å². The number of aromatic nitrogens is 1. The Morgan fingerprint density at radius 1 is 0.885 bits per heavy atom. The lowest BCUT2D eigenvalue weighted by molar-refractivity contribution is 0.538. The van der Waals surface area contributed by atoms with E-state index in [9.17, 15) is 0 Å². The lowest BCUT2D eigenvalue weighted by atomic mass is 10.0. The highest BCUT2D eigenvalue weighted by Gasteiger charge is 2.13. The summed E-state index contributed by atoms with van der Waals surface area (Å²) in [6.45, 7) is 0. The molecule has 4 rings (SSSR count). The molecule has 0 fully saturated rings. The van der Waals surface area contributed by atoms with Gasteiger partial charge in [0.15, 0.2) is 0 Å². The average molecular weight is 357 g/mol. The zero-order chi connectivity index (χ0) is 17.9. The molecular formula is C21H15N3OS. The van der Waals surface area contributed by atoms with Gasteiger partial charge in [0.1, 0.15) is 0 Å². The first-order valence-corrected chi connectivity index (χ1v) is 8.98. The number of benzene rings is 2. The van der Waals surface area contributed by atoms with Crippen LogP contribution in [0.2, 0.25) is 0 Å². The van der Waals surface area contributed by atoms with Crippen LogP contribution in [-0.2, 0) is 4.74 Å². The van der Waals surface area contributed by atoms with Gasteiger partial charge >= 0.3 is 0 Å². The molecule has 2 N–H and O–H groups in total. The SMILES string of the molecule is N=C(OC(=N)c1cccc2ccccc12)c1cncc(-c2ccsc2)c1. The maximum Gasteiger partial charge on any atom is 0.222 e. The smallest absolute Gasteiger partial charge is 0.222 e. The molecule has 0 saturated heterocycles. The fourth-order valence-corrected chi connectivity index (χ4v) is 3.46. The third-order valence-corrected chi connectivity index (χ3v) is 4.78. The molecule has 4 aromatic rings. The summed E-state index contributed by atoms with van der Waals surface area (Å²) >= 11 is 1.61. The van der Waals surface area contributed by atoms with Crippen LogP contribution in [0.25, 0.3) is 21.9 Å². The van der Waals surface area contributed by atoms with Crippen LogP contribution < -0.4 is 0 Å². The summed E-state index contributed by atoms with van der Waals surface area (Å²) in [6.07, 6.45) is 3.34. The highest BCUT2D eigenvalue weighted by atomic mass is 32.1. The van der Waals surface area contributed by atoms with Crippen molar-refractivity contribution in [3.63, 3.8) is 0 Å². The van der Waals surface area contributed by atoms with Crippen molar-refractivity contribution in [2.45, 2.75) is 0 Å². The highest BCUT2D eigenvalue weighted by Crippen LogP contribution is 2.23. The van der Waals surface area contributed by atoms with Gasteiger partial charge in [-0.15, -0.1) is 0 Å². The minimum absolute atomic E-state index is 0.0484. The Morgan fingerprint density at radius 2 is 1.73 bits per heavy atom. The number of hydrogen-bond acceptors (Lipinski definition) is 5. The van der Waals surface area contributed by atoms with E-state index in [1.807, 2.05) is 65.4 Å². The molecule has 0 atom stereocenters. The van der Waals surface area contributed by atoms with E-state index in [1.165, 1.54) is 0 Å². The molecule has 0 bridgehead atoms. The molecule has 0 aliphatic rings. The van der Waals surface area contributed by atoms with Crippen LogP contribution >= 0.6 is 11.3 Å². The zero-order valence-corrected chi connectivity index (χ0v) is 14.6. The Bertz CT molecular complexity index is 1100. The first kappa shape index (κ1) is 16.2. The summed E-state index contributed by atoms with van der Waals surface area (Å²) in [5.41, 5.74) is 3.18. The maximum atomic E-state index is 8.30. The molecule has 26 heavy (non-hydrogen) atoms. The molecule has 0 unspecified atom stereocenters. The number of hydrogen-bond donors (Lipinski definition) is 2. The number of ether oxygens (including phenoxy) is 1. The van der Waals surface area contributed by atoms with Gasteiger partial charge in [0, 0.05) is 23.5 Å². The van der Waals surface area contributed by atoms with Gasteiger partial charge < -0.3 is 4.74 Å². The number of pyridine rings is 1. The maximum absolute atomic E-state index is 8.30. The number of fused-ring (bicyclic) bond motifs is 1. The van der Waals surface area contributed by atoms with E-state index in [0.717, 1.165) is 21.9 Å². The van der Waals surface area contributed by atoms with Crippen LogP contribution in [0.5, 0.6) is 0 Å². The van der Waals surface area contributed by atoms with Crippen LogP contribution in [0.1, 0.15) is 11.1 Å². The van der Waals surface area contributed by atoms with Gasteiger partial charge in [-0.25, -0.2) is 0 Å². The van der Waals surface area contributed by atoms with Crippen molar-refractivity contribution in [1.29, 1.82) is 10.8 Å². The Balaban J connectivity index is 1.60. The topological polar surface area (TPSA) is 69.8 Å². The molecule has 0 radical (unpaired) electrons. The van der Waals surface area contributed by atoms with Crippen LogP contribution in [-0.4, -0.2) is 16.8 Å². The highest BCUT2D eigenvalue weighted by molar-refractivity contribution is 7.08. The summed E-state index contributed by atoms with van der Waals surface area (Å²) in [6, 6.07) is 17.4. The Morgan fingerprint density at radius 3 is 2.58 bits per heavy atom. The zero-order valence-electron chi connectivity index (χ0n) is 13.8. The van der Waals surface area contributed by atoms with E-state index in [-0.39, 0.29) is 11.8 Å². The Kier molecular flexibility index (Phi) is 4.29. The number of nitrogens with zero attached hydrogens (tertiary/aromatic N) is 1. The van der Waals surface area contributed by atoms with E-state index in [4.69, 9.17) is 15.6 Å². The fraction of sp³-hybridized carbons (Fsp3) is 0. The van der Waals surface area contributed by atoms with E-state index in [0.29, 0.717) is 11.1 Å². The molecule has 126 valence electrons. The first-order valence-electron chi connectivity index (χ1n) is 8.03. The quantitative estimate of drug-likeness (QED) is 0.384. The van der Waals surface area contributed by atoms with Gasteiger partial charge in [-0.2, -0.15) is 11.3 Å². The van der Waals surface area contributed by atoms with Gasteiger partial charge in [0.25, 0.3) is 0 Å². The van der Waals surface area contributed by atoms with Crippen molar-refractivity contribution in [3.8, 4) is 11.1 Å². The summed E-state index contributed by atoms with van der Waals surface area (Å²) in [5.74, 6) is -0.139.